The predicted octanol–water partition coefficient (Wildman–Crippen LogP) is 2.66. The Morgan fingerprint density at radius 3 is 2.14 bits per heavy atom. The van der Waals surface area contributed by atoms with Crippen molar-refractivity contribution in [2.45, 2.75) is 63.8 Å². The highest BCUT2D eigenvalue weighted by Gasteiger charge is 2.29. The second kappa shape index (κ2) is 18.4. The van der Waals surface area contributed by atoms with Crippen LogP contribution < -0.4 is 5.32 Å². The van der Waals surface area contributed by atoms with Gasteiger partial charge < -0.3 is 24.4 Å². The highest BCUT2D eigenvalue weighted by molar-refractivity contribution is 5.87. The van der Waals surface area contributed by atoms with Gasteiger partial charge in [-0.1, -0.05) is 30.3 Å². The van der Waals surface area contributed by atoms with E-state index in [9.17, 15) is 19.2 Å². The van der Waals surface area contributed by atoms with Gasteiger partial charge >= 0.3 is 11.9 Å². The third-order valence-corrected chi connectivity index (χ3v) is 5.63. The molecule has 0 spiro atoms. The van der Waals surface area contributed by atoms with E-state index in [-0.39, 0.29) is 43.1 Å². The Kier molecular flexibility index (Phi) is 15.8. The van der Waals surface area contributed by atoms with E-state index in [0.29, 0.717) is 51.7 Å². The molecular formula is C26H40N2O7. The molecule has 0 bridgehead atoms. The van der Waals surface area contributed by atoms with Gasteiger partial charge in [0.15, 0.2) is 0 Å². The zero-order chi connectivity index (χ0) is 25.9. The van der Waals surface area contributed by atoms with Gasteiger partial charge in [-0.3, -0.25) is 19.2 Å². The molecule has 9 nitrogen and oxygen atoms in total. The van der Waals surface area contributed by atoms with Gasteiger partial charge in [-0.05, 0) is 44.1 Å². The Bertz CT molecular complexity index is 770. The maximum absolute atomic E-state index is 13.2. The highest BCUT2D eigenvalue weighted by Crippen LogP contribution is 2.15. The molecule has 0 heterocycles. The number of nitrogens with zero attached hydrogens (tertiary/aromatic N) is 1. The fraction of sp³-hybridized carbons (Fsp3) is 0.615. The van der Waals surface area contributed by atoms with Crippen molar-refractivity contribution in [1.82, 2.24) is 10.2 Å². The van der Waals surface area contributed by atoms with Crippen LogP contribution >= 0.6 is 0 Å². The molecule has 1 unspecified atom stereocenters. The van der Waals surface area contributed by atoms with Crippen LogP contribution in [0.1, 0.15) is 56.9 Å². The standard InChI is InChI=1S/C26H40N2O7/c1-33-20-8-7-13-23(29)28(19-10-15-25(31)35-3)22(17-16-21-11-5-4-6-12-21)26(32)27-18-9-14-24(30)34-2/h4-6,11-12,22H,7-10,13-20H2,1-3H3,(H,27,32). The van der Waals surface area contributed by atoms with Crippen LogP contribution in [0.15, 0.2) is 30.3 Å². The normalized spacial score (nSPS) is 11.4. The van der Waals surface area contributed by atoms with Gasteiger partial charge in [0.05, 0.1) is 14.2 Å². The minimum absolute atomic E-state index is 0.131. The van der Waals surface area contributed by atoms with Gasteiger partial charge in [-0.15, -0.1) is 0 Å². The molecule has 1 N–H and O–H groups in total. The van der Waals surface area contributed by atoms with Gasteiger partial charge in [-0.2, -0.15) is 0 Å². The summed E-state index contributed by atoms with van der Waals surface area (Å²) in [6.07, 6.45) is 3.94. The van der Waals surface area contributed by atoms with E-state index < -0.39 is 6.04 Å². The van der Waals surface area contributed by atoms with Crippen LogP contribution in [0.2, 0.25) is 0 Å². The van der Waals surface area contributed by atoms with E-state index in [0.717, 1.165) is 12.0 Å². The number of unbranched alkanes of at least 4 members (excludes halogenated alkanes) is 1. The lowest BCUT2D eigenvalue weighted by molar-refractivity contribution is -0.143. The van der Waals surface area contributed by atoms with E-state index in [4.69, 9.17) is 9.47 Å². The van der Waals surface area contributed by atoms with Crippen LogP contribution in [-0.4, -0.2) is 75.7 Å². The van der Waals surface area contributed by atoms with E-state index in [1.54, 1.807) is 12.0 Å². The summed E-state index contributed by atoms with van der Waals surface area (Å²) < 4.78 is 14.4. The number of aryl methyl sites for hydroxylation is 1. The summed E-state index contributed by atoms with van der Waals surface area (Å²) in [5.41, 5.74) is 1.07. The predicted molar refractivity (Wildman–Crippen MR) is 132 cm³/mol. The molecule has 0 radical (unpaired) electrons. The number of carbonyl (C=O) groups is 4. The van der Waals surface area contributed by atoms with Crippen molar-refractivity contribution >= 4 is 23.8 Å². The SMILES string of the molecule is COCCCCC(=O)N(CCCC(=O)OC)C(CCc1ccccc1)C(=O)NCCCC(=O)OC. The van der Waals surface area contributed by atoms with Crippen molar-refractivity contribution in [3.05, 3.63) is 35.9 Å². The van der Waals surface area contributed by atoms with Crippen molar-refractivity contribution in [3.63, 3.8) is 0 Å². The molecular weight excluding hydrogens is 452 g/mol. The number of rotatable bonds is 18. The van der Waals surface area contributed by atoms with Gasteiger partial charge in [0.2, 0.25) is 11.8 Å². The lowest BCUT2D eigenvalue weighted by Gasteiger charge is -2.31. The molecule has 2 amide bonds. The molecule has 1 aromatic carbocycles. The Morgan fingerprint density at radius 1 is 0.857 bits per heavy atom. The van der Waals surface area contributed by atoms with E-state index >= 15 is 0 Å². The topological polar surface area (TPSA) is 111 Å². The summed E-state index contributed by atoms with van der Waals surface area (Å²) in [6.45, 7) is 1.13. The molecule has 35 heavy (non-hydrogen) atoms. The lowest BCUT2D eigenvalue weighted by Crippen LogP contribution is -2.50. The molecule has 196 valence electrons. The van der Waals surface area contributed by atoms with Crippen LogP contribution in [0.3, 0.4) is 0 Å². The van der Waals surface area contributed by atoms with Crippen molar-refractivity contribution < 1.29 is 33.4 Å². The third kappa shape index (κ3) is 12.9. The molecule has 1 aromatic rings. The van der Waals surface area contributed by atoms with Gasteiger partial charge in [0, 0.05) is 46.1 Å². The Morgan fingerprint density at radius 2 is 1.51 bits per heavy atom. The number of benzene rings is 1. The maximum atomic E-state index is 13.2. The van der Waals surface area contributed by atoms with Crippen LogP contribution in [-0.2, 0) is 39.8 Å². The first-order valence-electron chi connectivity index (χ1n) is 12.2. The molecule has 1 atom stereocenters. The molecule has 0 saturated heterocycles. The summed E-state index contributed by atoms with van der Waals surface area (Å²) in [4.78, 5) is 51.0. The first-order chi connectivity index (χ1) is 16.9. The smallest absolute Gasteiger partial charge is 0.305 e. The number of hydrogen-bond donors (Lipinski definition) is 1. The number of hydrogen-bond acceptors (Lipinski definition) is 7. The number of carbonyl (C=O) groups excluding carboxylic acids is 4. The molecule has 0 fully saturated rings. The Balaban J connectivity index is 2.95. The van der Waals surface area contributed by atoms with Crippen molar-refractivity contribution in [2.75, 3.05) is 41.0 Å². The van der Waals surface area contributed by atoms with Crippen molar-refractivity contribution in [1.29, 1.82) is 0 Å². The number of amides is 2. The number of ether oxygens (including phenoxy) is 3. The molecule has 9 heteroatoms. The summed E-state index contributed by atoms with van der Waals surface area (Å²) in [6, 6.07) is 9.08. The largest absolute Gasteiger partial charge is 0.469 e. The minimum Gasteiger partial charge on any atom is -0.469 e. The third-order valence-electron chi connectivity index (χ3n) is 5.63. The first kappa shape index (κ1) is 30.1. The molecule has 0 saturated carbocycles. The summed E-state index contributed by atoms with van der Waals surface area (Å²) >= 11 is 0. The van der Waals surface area contributed by atoms with Crippen LogP contribution in [0.25, 0.3) is 0 Å². The van der Waals surface area contributed by atoms with Crippen LogP contribution in [0.5, 0.6) is 0 Å². The van der Waals surface area contributed by atoms with Gasteiger partial charge in [0.25, 0.3) is 0 Å². The Labute approximate surface area is 208 Å². The lowest BCUT2D eigenvalue weighted by atomic mass is 10.0. The molecule has 0 aliphatic carbocycles. The van der Waals surface area contributed by atoms with Crippen molar-refractivity contribution in [2.24, 2.45) is 0 Å². The summed E-state index contributed by atoms with van der Waals surface area (Å²) in [5.74, 6) is -1.09. The number of methoxy groups -OCH3 is 3. The number of esters is 2. The van der Waals surface area contributed by atoms with E-state index in [1.807, 2.05) is 30.3 Å². The maximum Gasteiger partial charge on any atom is 0.305 e. The fourth-order valence-electron chi connectivity index (χ4n) is 3.66. The average Bonchev–Trinajstić information content (AvgIpc) is 2.88. The molecule has 1 rings (SSSR count). The number of nitrogens with one attached hydrogen (secondary N) is 1. The van der Waals surface area contributed by atoms with Gasteiger partial charge in [0.1, 0.15) is 6.04 Å². The Hall–Kier alpha value is -2.94. The van der Waals surface area contributed by atoms with E-state index in [1.165, 1.54) is 14.2 Å². The summed E-state index contributed by atoms with van der Waals surface area (Å²) in [5, 5.41) is 2.87. The monoisotopic (exact) mass is 492 g/mol. The van der Waals surface area contributed by atoms with Crippen molar-refractivity contribution in [3.8, 4) is 0 Å². The zero-order valence-electron chi connectivity index (χ0n) is 21.3. The highest BCUT2D eigenvalue weighted by atomic mass is 16.5. The molecule has 0 aliphatic rings. The first-order valence-corrected chi connectivity index (χ1v) is 12.2. The second-order valence-electron chi connectivity index (χ2n) is 8.23. The average molecular weight is 493 g/mol. The second-order valence-corrected chi connectivity index (χ2v) is 8.23. The van der Waals surface area contributed by atoms with Crippen LogP contribution in [0.4, 0.5) is 0 Å². The quantitative estimate of drug-likeness (QED) is 0.248. The zero-order valence-corrected chi connectivity index (χ0v) is 21.3. The minimum atomic E-state index is -0.694. The van der Waals surface area contributed by atoms with Crippen LogP contribution in [0, 0.1) is 0 Å². The molecule has 0 aromatic heterocycles. The van der Waals surface area contributed by atoms with E-state index in [2.05, 4.69) is 10.1 Å². The molecule has 0 aliphatic heterocycles. The summed E-state index contributed by atoms with van der Waals surface area (Å²) in [7, 11) is 4.27. The van der Waals surface area contributed by atoms with Gasteiger partial charge in [-0.25, -0.2) is 0 Å². The fourth-order valence-corrected chi connectivity index (χ4v) is 3.66.